The van der Waals surface area contributed by atoms with E-state index in [1.165, 1.54) is 0 Å². The average Bonchev–Trinajstić information content (AvgIpc) is 3.43. The summed E-state index contributed by atoms with van der Waals surface area (Å²) in [4.78, 5) is 26.7. The van der Waals surface area contributed by atoms with E-state index in [0.717, 1.165) is 22.6 Å². The summed E-state index contributed by atoms with van der Waals surface area (Å²) >= 11 is 1.58. The lowest BCUT2D eigenvalue weighted by Crippen LogP contribution is -2.27. The molecule has 4 rings (SSSR count). The molecule has 3 aromatic rings. The van der Waals surface area contributed by atoms with E-state index in [0.29, 0.717) is 24.4 Å². The fourth-order valence-corrected chi connectivity index (χ4v) is 4.59. The van der Waals surface area contributed by atoms with E-state index in [9.17, 15) is 9.59 Å². The van der Waals surface area contributed by atoms with Gasteiger partial charge in [-0.15, -0.1) is 11.8 Å². The van der Waals surface area contributed by atoms with Crippen LogP contribution in [0.3, 0.4) is 0 Å². The van der Waals surface area contributed by atoms with Crippen molar-refractivity contribution in [1.29, 1.82) is 0 Å². The van der Waals surface area contributed by atoms with Crippen LogP contribution in [0.5, 0.6) is 5.75 Å². The Balaban J connectivity index is 1.41. The van der Waals surface area contributed by atoms with Gasteiger partial charge < -0.3 is 19.4 Å². The van der Waals surface area contributed by atoms with Crippen LogP contribution in [-0.2, 0) is 17.9 Å². The molecule has 6 nitrogen and oxygen atoms in total. The highest BCUT2D eigenvalue weighted by Gasteiger charge is 2.33. The minimum atomic E-state index is -0.157. The third-order valence-electron chi connectivity index (χ3n) is 4.96. The van der Waals surface area contributed by atoms with Crippen molar-refractivity contribution in [3.05, 3.63) is 89.4 Å². The summed E-state index contributed by atoms with van der Waals surface area (Å²) in [5, 5.41) is 2.83. The normalized spacial score (nSPS) is 16.0. The Bertz CT molecular complexity index is 1020. The molecule has 154 valence electrons. The molecule has 0 radical (unpaired) electrons. The van der Waals surface area contributed by atoms with E-state index in [2.05, 4.69) is 5.32 Å². The molecule has 0 aliphatic carbocycles. The molecular formula is C23H22N2O4S. The maximum absolute atomic E-state index is 12.5. The molecule has 1 fully saturated rings. The molecule has 0 unspecified atom stereocenters. The lowest BCUT2D eigenvalue weighted by atomic mass is 10.1. The topological polar surface area (TPSA) is 71.8 Å². The molecule has 2 amide bonds. The fraction of sp³-hybridized carbons (Fsp3) is 0.217. The molecule has 2 aromatic carbocycles. The number of rotatable bonds is 7. The fourth-order valence-electron chi connectivity index (χ4n) is 3.40. The quantitative estimate of drug-likeness (QED) is 0.623. The first-order valence-electron chi connectivity index (χ1n) is 9.59. The van der Waals surface area contributed by atoms with Crippen molar-refractivity contribution >= 4 is 23.6 Å². The van der Waals surface area contributed by atoms with Crippen molar-refractivity contribution in [2.75, 3.05) is 12.9 Å². The van der Waals surface area contributed by atoms with E-state index in [-0.39, 0.29) is 17.2 Å². The molecule has 0 saturated carbocycles. The second-order valence-corrected chi connectivity index (χ2v) is 7.95. The molecule has 1 atom stereocenters. The molecule has 1 aliphatic rings. The van der Waals surface area contributed by atoms with Crippen LogP contribution in [0.15, 0.2) is 71.3 Å². The number of nitrogens with one attached hydrogen (secondary N) is 1. The van der Waals surface area contributed by atoms with Crippen LogP contribution in [0.4, 0.5) is 0 Å². The van der Waals surface area contributed by atoms with Crippen molar-refractivity contribution in [1.82, 2.24) is 10.2 Å². The van der Waals surface area contributed by atoms with E-state index in [4.69, 9.17) is 9.15 Å². The van der Waals surface area contributed by atoms with Gasteiger partial charge in [0.15, 0.2) is 0 Å². The van der Waals surface area contributed by atoms with Crippen molar-refractivity contribution < 1.29 is 18.7 Å². The highest BCUT2D eigenvalue weighted by molar-refractivity contribution is 8.00. The Morgan fingerprint density at radius 3 is 2.70 bits per heavy atom. The monoisotopic (exact) mass is 422 g/mol. The number of para-hydroxylation sites is 1. The first-order valence-corrected chi connectivity index (χ1v) is 10.6. The lowest BCUT2D eigenvalue weighted by molar-refractivity contribution is -0.128. The standard InChI is InChI=1S/C23H22N2O4S/c1-28-20-7-3-2-5-18(20)13-24-22(27)16-8-10-17(11-9-16)23-25(21(26)15-30-23)14-19-6-4-12-29-19/h2-12,23H,13-15H2,1H3,(H,24,27)/t23-/m1/s1. The predicted molar refractivity (Wildman–Crippen MR) is 115 cm³/mol. The zero-order chi connectivity index (χ0) is 20.9. The number of ether oxygens (including phenoxy) is 1. The molecule has 1 aromatic heterocycles. The van der Waals surface area contributed by atoms with Gasteiger partial charge in [-0.2, -0.15) is 0 Å². The van der Waals surface area contributed by atoms with Gasteiger partial charge in [-0.1, -0.05) is 30.3 Å². The molecule has 2 heterocycles. The predicted octanol–water partition coefficient (Wildman–Crippen LogP) is 3.99. The zero-order valence-electron chi connectivity index (χ0n) is 16.5. The highest BCUT2D eigenvalue weighted by atomic mass is 32.2. The maximum atomic E-state index is 12.5. The smallest absolute Gasteiger partial charge is 0.251 e. The van der Waals surface area contributed by atoms with Crippen molar-refractivity contribution in [3.8, 4) is 5.75 Å². The summed E-state index contributed by atoms with van der Waals surface area (Å²) < 4.78 is 10.7. The molecule has 0 spiro atoms. The van der Waals surface area contributed by atoms with Gasteiger partial charge in [0.05, 0.1) is 25.7 Å². The van der Waals surface area contributed by atoms with Gasteiger partial charge in [0.25, 0.3) is 5.91 Å². The van der Waals surface area contributed by atoms with Gasteiger partial charge in [-0.3, -0.25) is 9.59 Å². The Morgan fingerprint density at radius 2 is 1.97 bits per heavy atom. The van der Waals surface area contributed by atoms with E-state index in [1.54, 1.807) is 42.2 Å². The Kier molecular flexibility index (Phi) is 6.09. The third kappa shape index (κ3) is 4.36. The number of methoxy groups -OCH3 is 1. The van der Waals surface area contributed by atoms with E-state index >= 15 is 0 Å². The van der Waals surface area contributed by atoms with Crippen molar-refractivity contribution in [2.24, 2.45) is 0 Å². The molecule has 1 saturated heterocycles. The number of nitrogens with zero attached hydrogens (tertiary/aromatic N) is 1. The SMILES string of the molecule is COc1ccccc1CNC(=O)c1ccc([C@H]2SCC(=O)N2Cc2ccco2)cc1. The zero-order valence-corrected chi connectivity index (χ0v) is 17.4. The summed E-state index contributed by atoms with van der Waals surface area (Å²) in [6, 6.07) is 18.7. The van der Waals surface area contributed by atoms with Gasteiger partial charge >= 0.3 is 0 Å². The number of benzene rings is 2. The van der Waals surface area contributed by atoms with Crippen LogP contribution >= 0.6 is 11.8 Å². The van der Waals surface area contributed by atoms with Crippen LogP contribution < -0.4 is 10.1 Å². The van der Waals surface area contributed by atoms with Crippen LogP contribution in [0.25, 0.3) is 0 Å². The third-order valence-corrected chi connectivity index (χ3v) is 6.22. The van der Waals surface area contributed by atoms with E-state index in [1.807, 2.05) is 48.5 Å². The van der Waals surface area contributed by atoms with Crippen LogP contribution in [-0.4, -0.2) is 29.6 Å². The Morgan fingerprint density at radius 1 is 1.17 bits per heavy atom. The molecule has 1 aliphatic heterocycles. The Hall–Kier alpha value is -3.19. The first-order chi connectivity index (χ1) is 14.7. The number of furan rings is 1. The second kappa shape index (κ2) is 9.09. The molecule has 1 N–H and O–H groups in total. The van der Waals surface area contributed by atoms with E-state index < -0.39 is 0 Å². The van der Waals surface area contributed by atoms with Crippen LogP contribution in [0.1, 0.15) is 32.6 Å². The summed E-state index contributed by atoms with van der Waals surface area (Å²) in [6.45, 7) is 0.819. The number of amides is 2. The van der Waals surface area contributed by atoms with Gasteiger partial charge in [0.1, 0.15) is 16.9 Å². The summed E-state index contributed by atoms with van der Waals surface area (Å²) in [7, 11) is 1.61. The number of hydrogen-bond donors (Lipinski definition) is 1. The van der Waals surface area contributed by atoms with Gasteiger partial charge in [0.2, 0.25) is 5.91 Å². The molecule has 7 heteroatoms. The van der Waals surface area contributed by atoms with Crippen molar-refractivity contribution in [3.63, 3.8) is 0 Å². The largest absolute Gasteiger partial charge is 0.496 e. The van der Waals surface area contributed by atoms with Gasteiger partial charge in [0, 0.05) is 17.7 Å². The second-order valence-electron chi connectivity index (χ2n) is 6.88. The maximum Gasteiger partial charge on any atom is 0.251 e. The molecular weight excluding hydrogens is 400 g/mol. The number of thioether (sulfide) groups is 1. The molecule has 0 bridgehead atoms. The van der Waals surface area contributed by atoms with Crippen LogP contribution in [0.2, 0.25) is 0 Å². The summed E-state index contributed by atoms with van der Waals surface area (Å²) in [6.07, 6.45) is 1.61. The lowest BCUT2D eigenvalue weighted by Gasteiger charge is -2.23. The first kappa shape index (κ1) is 20.1. The summed E-state index contributed by atoms with van der Waals surface area (Å²) in [5.41, 5.74) is 2.47. The minimum absolute atomic E-state index is 0.0834. The van der Waals surface area contributed by atoms with Gasteiger partial charge in [-0.25, -0.2) is 0 Å². The number of carbonyl (C=O) groups is 2. The molecule has 30 heavy (non-hydrogen) atoms. The highest BCUT2D eigenvalue weighted by Crippen LogP contribution is 2.39. The minimum Gasteiger partial charge on any atom is -0.496 e. The Labute approximate surface area is 179 Å². The number of hydrogen-bond acceptors (Lipinski definition) is 5. The average molecular weight is 423 g/mol. The van der Waals surface area contributed by atoms with Gasteiger partial charge in [-0.05, 0) is 35.9 Å². The van der Waals surface area contributed by atoms with Crippen LogP contribution in [0, 0.1) is 0 Å². The number of carbonyl (C=O) groups excluding carboxylic acids is 2. The summed E-state index contributed by atoms with van der Waals surface area (Å²) in [5.74, 6) is 1.86. The van der Waals surface area contributed by atoms with Crippen molar-refractivity contribution in [2.45, 2.75) is 18.5 Å².